The number of hydrogen-bond donors (Lipinski definition) is 2. The van der Waals surface area contributed by atoms with Crippen molar-refractivity contribution in [1.82, 2.24) is 0 Å². The minimum Gasteiger partial charge on any atom is -0.497 e. The number of hydrogen-bond acceptors (Lipinski definition) is 8. The Morgan fingerprint density at radius 3 is 2.33 bits per heavy atom. The number of carboxylic acid groups (broad SMARTS) is 1. The van der Waals surface area contributed by atoms with Crippen LogP contribution in [0.5, 0.6) is 28.7 Å². The van der Waals surface area contributed by atoms with Gasteiger partial charge in [-0.15, -0.1) is 0 Å². The van der Waals surface area contributed by atoms with Crippen molar-refractivity contribution in [2.75, 3.05) is 40.4 Å². The third kappa shape index (κ3) is 4.90. The number of carboxylic acids is 1. The summed E-state index contributed by atoms with van der Waals surface area (Å²) in [7, 11) is 6.32. The quantitative estimate of drug-likeness (QED) is 0.377. The van der Waals surface area contributed by atoms with Gasteiger partial charge in [0.05, 0.1) is 28.4 Å². The lowest BCUT2D eigenvalue weighted by Gasteiger charge is -2.38. The smallest absolute Gasteiger partial charge is 0.341 e. The molecular weight excluding hydrogens is 514 g/mol. The maximum Gasteiger partial charge on any atom is 0.341 e. The highest BCUT2D eigenvalue weighted by atomic mass is 16.5. The van der Waals surface area contributed by atoms with E-state index in [0.29, 0.717) is 52.7 Å². The highest BCUT2D eigenvalue weighted by molar-refractivity contribution is 6.02. The largest absolute Gasteiger partial charge is 0.497 e. The Kier molecular flexibility index (Phi) is 7.55. The fourth-order valence-corrected chi connectivity index (χ4v) is 5.62. The zero-order valence-corrected chi connectivity index (χ0v) is 22.8. The highest BCUT2D eigenvalue weighted by Crippen LogP contribution is 2.53. The van der Waals surface area contributed by atoms with Gasteiger partial charge in [-0.25, -0.2) is 4.79 Å². The molecule has 0 aromatic heterocycles. The van der Waals surface area contributed by atoms with Crippen LogP contribution in [0, 0.1) is 0 Å². The summed E-state index contributed by atoms with van der Waals surface area (Å²) in [6.07, 6.45) is 0.864. The molecule has 0 fully saturated rings. The summed E-state index contributed by atoms with van der Waals surface area (Å²) in [5.41, 5.74) is 4.55. The summed E-state index contributed by atoms with van der Waals surface area (Å²) in [6, 6.07) is 16.6. The number of Topliss-reactive ketones (excluding diaryl/α,β-unsaturated/α-hetero) is 1. The molecule has 1 aliphatic carbocycles. The average molecular weight is 546 g/mol. The van der Waals surface area contributed by atoms with Crippen LogP contribution in [0.2, 0.25) is 0 Å². The Bertz CT molecular complexity index is 1490. The lowest BCUT2D eigenvalue weighted by molar-refractivity contribution is -0.139. The van der Waals surface area contributed by atoms with E-state index in [2.05, 4.69) is 5.32 Å². The molecule has 3 aromatic carbocycles. The zero-order valence-electron chi connectivity index (χ0n) is 22.8. The fraction of sp³-hybridized carbons (Fsp3) is 0.290. The summed E-state index contributed by atoms with van der Waals surface area (Å²) in [6.45, 7) is -0.504. The Morgan fingerprint density at radius 2 is 1.62 bits per heavy atom. The van der Waals surface area contributed by atoms with Crippen molar-refractivity contribution in [2.45, 2.75) is 24.7 Å². The van der Waals surface area contributed by atoms with E-state index in [0.717, 1.165) is 22.5 Å². The van der Waals surface area contributed by atoms with E-state index in [4.69, 9.17) is 23.7 Å². The Hall–Kier alpha value is -4.66. The number of aliphatic carboxylic acids is 1. The first-order valence-electron chi connectivity index (χ1n) is 12.8. The predicted molar refractivity (Wildman–Crippen MR) is 148 cm³/mol. The van der Waals surface area contributed by atoms with Crippen LogP contribution in [-0.2, 0) is 9.59 Å². The standard InChI is InChI=1S/C31H31NO8/c1-36-19-14-22-31(27(15-19)39-4)29(20-7-5-6-8-24(20)40-16-28(34)35)30-21(32-22)11-18(12-23(30)33)17-9-10-25(37-2)26(13-17)38-3/h5-10,13-15,18,29,32H,11-12,16H2,1-4H3,(H,34,35)/t18-,29+/m0/s1. The van der Waals surface area contributed by atoms with Gasteiger partial charge in [0.15, 0.2) is 23.9 Å². The first-order valence-corrected chi connectivity index (χ1v) is 12.8. The van der Waals surface area contributed by atoms with Crippen molar-refractivity contribution < 1.29 is 38.4 Å². The number of anilines is 1. The lowest BCUT2D eigenvalue weighted by Crippen LogP contribution is -2.30. The van der Waals surface area contributed by atoms with Crippen molar-refractivity contribution in [3.63, 3.8) is 0 Å². The van der Waals surface area contributed by atoms with E-state index in [9.17, 15) is 14.7 Å². The van der Waals surface area contributed by atoms with Gasteiger partial charge in [0.2, 0.25) is 0 Å². The number of allylic oxidation sites excluding steroid dienone is 2. The zero-order chi connectivity index (χ0) is 28.4. The van der Waals surface area contributed by atoms with Crippen LogP contribution < -0.4 is 29.0 Å². The normalized spacial score (nSPS) is 17.8. The molecule has 40 heavy (non-hydrogen) atoms. The van der Waals surface area contributed by atoms with Crippen LogP contribution in [0.25, 0.3) is 0 Å². The molecule has 3 aromatic rings. The number of carbonyl (C=O) groups is 2. The molecule has 9 heteroatoms. The fourth-order valence-electron chi connectivity index (χ4n) is 5.62. The van der Waals surface area contributed by atoms with Crippen LogP contribution in [0.3, 0.4) is 0 Å². The van der Waals surface area contributed by atoms with Gasteiger partial charge in [-0.2, -0.15) is 0 Å². The van der Waals surface area contributed by atoms with Gasteiger partial charge in [0, 0.05) is 52.6 Å². The maximum absolute atomic E-state index is 14.0. The number of fused-ring (bicyclic) bond motifs is 1. The second-order valence-corrected chi connectivity index (χ2v) is 9.60. The number of ketones is 1. The third-order valence-corrected chi connectivity index (χ3v) is 7.40. The lowest BCUT2D eigenvalue weighted by atomic mass is 9.71. The van der Waals surface area contributed by atoms with E-state index in [1.165, 1.54) is 0 Å². The van der Waals surface area contributed by atoms with E-state index in [1.807, 2.05) is 36.4 Å². The number of carbonyl (C=O) groups excluding carboxylic acids is 1. The van der Waals surface area contributed by atoms with Crippen molar-refractivity contribution in [3.05, 3.63) is 82.6 Å². The molecular formula is C31H31NO8. The van der Waals surface area contributed by atoms with Crippen LogP contribution in [0.15, 0.2) is 65.9 Å². The number of ether oxygens (including phenoxy) is 5. The molecule has 9 nitrogen and oxygen atoms in total. The number of nitrogens with one attached hydrogen (secondary N) is 1. The van der Waals surface area contributed by atoms with E-state index < -0.39 is 18.5 Å². The van der Waals surface area contributed by atoms with Crippen molar-refractivity contribution >= 4 is 17.4 Å². The van der Waals surface area contributed by atoms with Gasteiger partial charge in [0.1, 0.15) is 17.2 Å². The number of methoxy groups -OCH3 is 4. The van der Waals surface area contributed by atoms with E-state index in [-0.39, 0.29) is 11.7 Å². The third-order valence-electron chi connectivity index (χ3n) is 7.40. The first-order chi connectivity index (χ1) is 19.4. The molecule has 0 radical (unpaired) electrons. The predicted octanol–water partition coefficient (Wildman–Crippen LogP) is 5.14. The molecule has 1 heterocycles. The first kappa shape index (κ1) is 26.9. The molecule has 2 atom stereocenters. The second kappa shape index (κ2) is 11.2. The SMILES string of the molecule is COc1cc2c(c(OC)c1)[C@H](c1ccccc1OCC(=O)O)C1=C(C[C@H](c3ccc(OC)c(OC)c3)CC1=O)N2. The van der Waals surface area contributed by atoms with E-state index >= 15 is 0 Å². The van der Waals surface area contributed by atoms with Crippen LogP contribution in [0.1, 0.15) is 41.4 Å². The molecule has 0 bridgehead atoms. The Balaban J connectivity index is 1.66. The van der Waals surface area contributed by atoms with Crippen LogP contribution in [-0.4, -0.2) is 51.9 Å². The van der Waals surface area contributed by atoms with Crippen LogP contribution >= 0.6 is 0 Å². The maximum atomic E-state index is 14.0. The molecule has 5 rings (SSSR count). The van der Waals surface area contributed by atoms with Crippen molar-refractivity contribution in [3.8, 4) is 28.7 Å². The van der Waals surface area contributed by atoms with Gasteiger partial charge < -0.3 is 34.1 Å². The minimum atomic E-state index is -1.09. The highest BCUT2D eigenvalue weighted by Gasteiger charge is 2.41. The number of benzene rings is 3. The summed E-state index contributed by atoms with van der Waals surface area (Å²) >= 11 is 0. The topological polar surface area (TPSA) is 113 Å². The van der Waals surface area contributed by atoms with Gasteiger partial charge >= 0.3 is 5.97 Å². The molecule has 0 spiro atoms. The summed E-state index contributed by atoms with van der Waals surface area (Å²) in [5, 5.41) is 12.8. The Morgan fingerprint density at radius 1 is 0.875 bits per heavy atom. The molecule has 1 aliphatic heterocycles. The molecule has 0 saturated carbocycles. The average Bonchev–Trinajstić information content (AvgIpc) is 2.97. The summed E-state index contributed by atoms with van der Waals surface area (Å²) in [4.78, 5) is 25.3. The van der Waals surface area contributed by atoms with Gasteiger partial charge in [-0.05, 0) is 36.1 Å². The number of rotatable bonds is 9. The second-order valence-electron chi connectivity index (χ2n) is 9.60. The molecule has 0 unspecified atom stereocenters. The van der Waals surface area contributed by atoms with Crippen LogP contribution in [0.4, 0.5) is 5.69 Å². The van der Waals surface area contributed by atoms with Gasteiger partial charge in [-0.3, -0.25) is 4.79 Å². The van der Waals surface area contributed by atoms with Crippen molar-refractivity contribution in [1.29, 1.82) is 0 Å². The summed E-state index contributed by atoms with van der Waals surface area (Å²) < 4.78 is 27.9. The molecule has 208 valence electrons. The summed E-state index contributed by atoms with van der Waals surface area (Å²) in [5.74, 6) is 1.01. The van der Waals surface area contributed by atoms with Crippen molar-refractivity contribution in [2.24, 2.45) is 0 Å². The van der Waals surface area contributed by atoms with E-state index in [1.54, 1.807) is 46.6 Å². The minimum absolute atomic E-state index is 0.0184. The monoisotopic (exact) mass is 545 g/mol. The molecule has 0 saturated heterocycles. The molecule has 0 amide bonds. The molecule has 2 N–H and O–H groups in total. The number of para-hydroxylation sites is 1. The van der Waals surface area contributed by atoms with Gasteiger partial charge in [-0.1, -0.05) is 24.3 Å². The Labute approximate surface area is 232 Å². The molecule has 2 aliphatic rings. The van der Waals surface area contributed by atoms with Gasteiger partial charge in [0.25, 0.3) is 0 Å².